The molecule has 0 fully saturated rings. The van der Waals surface area contributed by atoms with E-state index in [9.17, 15) is 14.4 Å². The Hall–Kier alpha value is -2.63. The summed E-state index contributed by atoms with van der Waals surface area (Å²) < 4.78 is 16.9. The van der Waals surface area contributed by atoms with Crippen molar-refractivity contribution < 1.29 is 28.6 Å². The molecule has 438 valence electrons. The molecule has 6 nitrogen and oxygen atoms in total. The van der Waals surface area contributed by atoms with Gasteiger partial charge in [0.2, 0.25) is 0 Å². The fourth-order valence-corrected chi connectivity index (χ4v) is 9.84. The summed E-state index contributed by atoms with van der Waals surface area (Å²) in [6, 6.07) is 0. The molecule has 0 heterocycles. The predicted molar refractivity (Wildman–Crippen MR) is 325 cm³/mol. The Bertz CT molecular complexity index is 1300. The third-order valence-corrected chi connectivity index (χ3v) is 14.8. The molecule has 0 bridgehead atoms. The molecular formula is C69H126O6. The number of hydrogen-bond donors (Lipinski definition) is 0. The Morgan fingerprint density at radius 1 is 0.267 bits per heavy atom. The van der Waals surface area contributed by atoms with Crippen molar-refractivity contribution in [1.29, 1.82) is 0 Å². The van der Waals surface area contributed by atoms with Crippen molar-refractivity contribution in [3.63, 3.8) is 0 Å². The second-order valence-corrected chi connectivity index (χ2v) is 22.4. The standard InChI is InChI=1S/C69H126O6/c1-4-7-10-13-16-19-22-25-28-31-33-34-36-38-41-44-47-50-53-56-59-62-68(71)74-65-66(64-73-67(70)61-58-55-52-49-46-43-40-37-30-27-24-21-18-15-12-9-6-3)75-69(72)63-60-57-54-51-48-45-42-39-35-32-29-26-23-20-17-14-11-8-5-2/h17,20,26,29,35,39,45,48,66H,4-16,18-19,21-25,27-28,30-34,36-38,40-44,46-47,49-65H2,1-3H3/b20-17-,29-26-,39-35-,48-45-. The van der Waals surface area contributed by atoms with Crippen molar-refractivity contribution in [2.45, 2.75) is 361 Å². The van der Waals surface area contributed by atoms with Gasteiger partial charge in [-0.2, -0.15) is 0 Å². The van der Waals surface area contributed by atoms with Crippen LogP contribution in [0.4, 0.5) is 0 Å². The van der Waals surface area contributed by atoms with Gasteiger partial charge in [0.1, 0.15) is 13.2 Å². The van der Waals surface area contributed by atoms with Crippen molar-refractivity contribution in [2.75, 3.05) is 13.2 Å². The van der Waals surface area contributed by atoms with Crippen LogP contribution in [-0.4, -0.2) is 37.2 Å². The van der Waals surface area contributed by atoms with Gasteiger partial charge in [-0.25, -0.2) is 0 Å². The molecule has 0 aromatic heterocycles. The highest BCUT2D eigenvalue weighted by molar-refractivity contribution is 5.71. The van der Waals surface area contributed by atoms with Crippen LogP contribution in [0.2, 0.25) is 0 Å². The van der Waals surface area contributed by atoms with E-state index in [-0.39, 0.29) is 31.1 Å². The number of hydrogen-bond acceptors (Lipinski definition) is 6. The zero-order valence-electron chi connectivity index (χ0n) is 50.3. The van der Waals surface area contributed by atoms with Gasteiger partial charge < -0.3 is 14.2 Å². The van der Waals surface area contributed by atoms with Crippen LogP contribution in [0.15, 0.2) is 48.6 Å². The number of rotatable bonds is 61. The van der Waals surface area contributed by atoms with Crippen LogP contribution in [0, 0.1) is 0 Å². The fraction of sp³-hybridized carbons (Fsp3) is 0.841. The molecule has 75 heavy (non-hydrogen) atoms. The van der Waals surface area contributed by atoms with E-state index in [0.29, 0.717) is 19.3 Å². The van der Waals surface area contributed by atoms with Crippen molar-refractivity contribution in [1.82, 2.24) is 0 Å². The molecule has 0 aromatic carbocycles. The van der Waals surface area contributed by atoms with Crippen LogP contribution >= 0.6 is 0 Å². The molecule has 0 radical (unpaired) electrons. The highest BCUT2D eigenvalue weighted by Gasteiger charge is 2.19. The van der Waals surface area contributed by atoms with E-state index < -0.39 is 6.10 Å². The quantitative estimate of drug-likeness (QED) is 0.0261. The normalized spacial score (nSPS) is 12.3. The molecule has 0 aromatic rings. The van der Waals surface area contributed by atoms with E-state index in [2.05, 4.69) is 69.4 Å². The third-order valence-electron chi connectivity index (χ3n) is 14.8. The SMILES string of the molecule is CCCCC/C=C\C/C=C\C/C=C\C/C=C\CCCCCC(=O)OC(COC(=O)CCCCCCCCCCCCCCCCCCC)COC(=O)CCCCCCCCCCCCCCCCCCCCCCC. The molecule has 0 aliphatic carbocycles. The fourth-order valence-electron chi connectivity index (χ4n) is 9.84. The number of ether oxygens (including phenoxy) is 3. The van der Waals surface area contributed by atoms with Crippen LogP contribution in [0.1, 0.15) is 355 Å². The maximum Gasteiger partial charge on any atom is 0.306 e. The minimum Gasteiger partial charge on any atom is -0.462 e. The summed E-state index contributed by atoms with van der Waals surface area (Å²) >= 11 is 0. The number of esters is 3. The van der Waals surface area contributed by atoms with E-state index in [1.807, 2.05) is 0 Å². The van der Waals surface area contributed by atoms with Crippen molar-refractivity contribution >= 4 is 17.9 Å². The maximum atomic E-state index is 12.9. The monoisotopic (exact) mass is 1050 g/mol. The Morgan fingerprint density at radius 2 is 0.480 bits per heavy atom. The molecule has 6 heteroatoms. The van der Waals surface area contributed by atoms with Crippen LogP contribution in [0.3, 0.4) is 0 Å². The Labute approximate surface area is 467 Å². The Morgan fingerprint density at radius 3 is 0.773 bits per heavy atom. The lowest BCUT2D eigenvalue weighted by atomic mass is 10.0. The largest absolute Gasteiger partial charge is 0.462 e. The lowest BCUT2D eigenvalue weighted by Gasteiger charge is -2.18. The van der Waals surface area contributed by atoms with Gasteiger partial charge in [0.15, 0.2) is 6.10 Å². The highest BCUT2D eigenvalue weighted by atomic mass is 16.6. The summed E-state index contributed by atoms with van der Waals surface area (Å²) in [6.07, 6.45) is 79.8. The summed E-state index contributed by atoms with van der Waals surface area (Å²) in [5.74, 6) is -0.886. The number of carbonyl (C=O) groups is 3. The molecule has 0 N–H and O–H groups in total. The van der Waals surface area contributed by atoms with Crippen LogP contribution < -0.4 is 0 Å². The predicted octanol–water partition coefficient (Wildman–Crippen LogP) is 22.6. The van der Waals surface area contributed by atoms with E-state index in [1.54, 1.807) is 0 Å². The first-order valence-electron chi connectivity index (χ1n) is 33.1. The van der Waals surface area contributed by atoms with E-state index >= 15 is 0 Å². The van der Waals surface area contributed by atoms with Gasteiger partial charge >= 0.3 is 17.9 Å². The molecule has 0 amide bonds. The number of allylic oxidation sites excluding steroid dienone is 8. The van der Waals surface area contributed by atoms with Crippen LogP contribution in [0.25, 0.3) is 0 Å². The molecule has 0 aliphatic heterocycles. The highest BCUT2D eigenvalue weighted by Crippen LogP contribution is 2.18. The zero-order valence-corrected chi connectivity index (χ0v) is 50.3. The second kappa shape index (κ2) is 63.9. The van der Waals surface area contributed by atoms with E-state index in [1.165, 1.54) is 231 Å². The van der Waals surface area contributed by atoms with Gasteiger partial charge in [-0.1, -0.05) is 320 Å². The van der Waals surface area contributed by atoms with Gasteiger partial charge in [0.05, 0.1) is 0 Å². The van der Waals surface area contributed by atoms with Gasteiger partial charge in [0, 0.05) is 19.3 Å². The number of unbranched alkanes of at least 4 members (excludes halogenated alkanes) is 42. The minimum absolute atomic E-state index is 0.0811. The smallest absolute Gasteiger partial charge is 0.306 e. The first-order valence-corrected chi connectivity index (χ1v) is 33.1. The van der Waals surface area contributed by atoms with E-state index in [4.69, 9.17) is 14.2 Å². The Kier molecular flexibility index (Phi) is 61.7. The van der Waals surface area contributed by atoms with Crippen molar-refractivity contribution in [3.05, 3.63) is 48.6 Å². The maximum absolute atomic E-state index is 12.9. The molecule has 0 rings (SSSR count). The summed E-state index contributed by atoms with van der Waals surface area (Å²) in [4.78, 5) is 38.4. The lowest BCUT2D eigenvalue weighted by molar-refractivity contribution is -0.167. The average molecular weight is 1050 g/mol. The zero-order chi connectivity index (χ0) is 54.3. The minimum atomic E-state index is -0.788. The molecule has 1 atom stereocenters. The molecule has 0 saturated heterocycles. The van der Waals surface area contributed by atoms with Crippen LogP contribution in [-0.2, 0) is 28.6 Å². The van der Waals surface area contributed by atoms with Crippen molar-refractivity contribution in [2.24, 2.45) is 0 Å². The van der Waals surface area contributed by atoms with Crippen molar-refractivity contribution in [3.8, 4) is 0 Å². The van der Waals surface area contributed by atoms with Gasteiger partial charge in [-0.05, 0) is 64.2 Å². The van der Waals surface area contributed by atoms with Gasteiger partial charge in [-0.3, -0.25) is 14.4 Å². The number of carbonyl (C=O) groups excluding carboxylic acids is 3. The summed E-state index contributed by atoms with van der Waals surface area (Å²) in [5.41, 5.74) is 0. The lowest BCUT2D eigenvalue weighted by Crippen LogP contribution is -2.30. The topological polar surface area (TPSA) is 78.9 Å². The summed E-state index contributed by atoms with van der Waals surface area (Å²) in [6.45, 7) is 6.65. The second-order valence-electron chi connectivity index (χ2n) is 22.4. The van der Waals surface area contributed by atoms with E-state index in [0.717, 1.165) is 83.5 Å². The molecule has 0 saturated carbocycles. The average Bonchev–Trinajstić information content (AvgIpc) is 3.41. The Balaban J connectivity index is 4.37. The first-order chi connectivity index (χ1) is 37.0. The third kappa shape index (κ3) is 62.1. The summed E-state index contributed by atoms with van der Waals surface area (Å²) in [5, 5.41) is 0. The van der Waals surface area contributed by atoms with Gasteiger partial charge in [0.25, 0.3) is 0 Å². The molecule has 0 aliphatic rings. The molecular weight excluding hydrogens is 925 g/mol. The van der Waals surface area contributed by atoms with Crippen LogP contribution in [0.5, 0.6) is 0 Å². The first kappa shape index (κ1) is 72.4. The summed E-state index contributed by atoms with van der Waals surface area (Å²) in [7, 11) is 0. The van der Waals surface area contributed by atoms with Gasteiger partial charge in [-0.15, -0.1) is 0 Å². The molecule has 0 spiro atoms. The molecule has 1 unspecified atom stereocenters.